The number of fused-ring (bicyclic) bond motifs is 1. The number of aromatic nitrogens is 2. The van der Waals surface area contributed by atoms with Crippen LogP contribution in [0, 0.1) is 10.1 Å². The van der Waals surface area contributed by atoms with Crippen molar-refractivity contribution in [2.45, 2.75) is 0 Å². The number of non-ortho nitro benzene ring substituents is 1. The van der Waals surface area contributed by atoms with Gasteiger partial charge in [-0.15, -0.1) is 0 Å². The summed E-state index contributed by atoms with van der Waals surface area (Å²) in [5.74, 6) is 0.471. The van der Waals surface area contributed by atoms with Gasteiger partial charge in [0.1, 0.15) is 0 Å². The van der Waals surface area contributed by atoms with Gasteiger partial charge in [-0.25, -0.2) is 4.98 Å². The number of aliphatic hydroxyl groups is 2. The van der Waals surface area contributed by atoms with Gasteiger partial charge in [0.15, 0.2) is 0 Å². The van der Waals surface area contributed by atoms with Crippen molar-refractivity contribution in [2.75, 3.05) is 31.2 Å². The van der Waals surface area contributed by atoms with Gasteiger partial charge in [0.25, 0.3) is 5.69 Å². The summed E-state index contributed by atoms with van der Waals surface area (Å²) in [6, 6.07) is 4.35. The third-order valence-corrected chi connectivity index (χ3v) is 2.70. The first kappa shape index (κ1) is 13.2. The summed E-state index contributed by atoms with van der Waals surface area (Å²) in [6.45, 7) is 0.499. The number of benzene rings is 1. The first-order chi connectivity index (χ1) is 9.15. The van der Waals surface area contributed by atoms with E-state index in [9.17, 15) is 10.1 Å². The molecule has 0 aliphatic rings. The van der Waals surface area contributed by atoms with Crippen LogP contribution in [0.3, 0.4) is 0 Å². The fourth-order valence-corrected chi connectivity index (χ4v) is 1.81. The van der Waals surface area contributed by atoms with E-state index in [0.717, 1.165) is 0 Å². The number of hydrogen-bond acceptors (Lipinski definition) is 6. The van der Waals surface area contributed by atoms with Crippen LogP contribution in [0.2, 0.25) is 0 Å². The fraction of sp³-hybridized carbons (Fsp3) is 0.364. The summed E-state index contributed by atoms with van der Waals surface area (Å²) in [7, 11) is 0. The Kier molecular flexibility index (Phi) is 3.93. The zero-order valence-electron chi connectivity index (χ0n) is 10.1. The Labute approximate surface area is 108 Å². The minimum absolute atomic E-state index is 0.0152. The minimum Gasteiger partial charge on any atom is -0.395 e. The van der Waals surface area contributed by atoms with Gasteiger partial charge in [-0.05, 0) is 6.07 Å². The predicted octanol–water partition coefficient (Wildman–Crippen LogP) is 0.262. The van der Waals surface area contributed by atoms with Crippen molar-refractivity contribution in [2.24, 2.45) is 0 Å². The normalized spacial score (nSPS) is 10.8. The molecule has 19 heavy (non-hydrogen) atoms. The number of nitrogens with zero attached hydrogens (tertiary/aromatic N) is 3. The SMILES string of the molecule is O=[N+]([O-])c1ccc2nc(N(CCO)CCO)[nH]c2c1. The summed E-state index contributed by atoms with van der Waals surface area (Å²) in [6.07, 6.45) is 0. The molecular weight excluding hydrogens is 252 g/mol. The Morgan fingerprint density at radius 3 is 2.58 bits per heavy atom. The molecular formula is C11H14N4O4. The number of aromatic amines is 1. The highest BCUT2D eigenvalue weighted by atomic mass is 16.6. The molecule has 0 spiro atoms. The van der Waals surface area contributed by atoms with Gasteiger partial charge in [-0.2, -0.15) is 0 Å². The zero-order valence-corrected chi connectivity index (χ0v) is 10.1. The van der Waals surface area contributed by atoms with Crippen molar-refractivity contribution in [3.8, 4) is 0 Å². The molecule has 0 aliphatic heterocycles. The molecule has 1 heterocycles. The van der Waals surface area contributed by atoms with Crippen LogP contribution in [0.25, 0.3) is 11.0 Å². The maximum Gasteiger partial charge on any atom is 0.271 e. The summed E-state index contributed by atoms with van der Waals surface area (Å²) in [5, 5.41) is 28.6. The van der Waals surface area contributed by atoms with Crippen LogP contribution in [0.4, 0.5) is 11.6 Å². The van der Waals surface area contributed by atoms with Crippen molar-refractivity contribution in [3.05, 3.63) is 28.3 Å². The van der Waals surface area contributed by atoms with Crippen molar-refractivity contribution >= 4 is 22.7 Å². The number of imidazole rings is 1. The van der Waals surface area contributed by atoms with Crippen LogP contribution in [-0.2, 0) is 0 Å². The second-order valence-electron chi connectivity index (χ2n) is 3.95. The number of anilines is 1. The molecule has 2 rings (SSSR count). The van der Waals surface area contributed by atoms with Crippen molar-refractivity contribution in [1.29, 1.82) is 0 Å². The van der Waals surface area contributed by atoms with E-state index in [1.165, 1.54) is 12.1 Å². The van der Waals surface area contributed by atoms with Crippen LogP contribution in [-0.4, -0.2) is 51.4 Å². The lowest BCUT2D eigenvalue weighted by molar-refractivity contribution is -0.384. The number of hydrogen-bond donors (Lipinski definition) is 3. The molecule has 1 aromatic carbocycles. The molecule has 0 saturated carbocycles. The van der Waals surface area contributed by atoms with E-state index in [1.54, 1.807) is 11.0 Å². The van der Waals surface area contributed by atoms with Gasteiger partial charge in [0.2, 0.25) is 5.95 Å². The van der Waals surface area contributed by atoms with E-state index in [4.69, 9.17) is 10.2 Å². The highest BCUT2D eigenvalue weighted by Gasteiger charge is 2.13. The van der Waals surface area contributed by atoms with E-state index >= 15 is 0 Å². The second-order valence-corrected chi connectivity index (χ2v) is 3.95. The number of rotatable bonds is 6. The number of H-pyrrole nitrogens is 1. The lowest BCUT2D eigenvalue weighted by atomic mass is 10.3. The van der Waals surface area contributed by atoms with Gasteiger partial charge in [0, 0.05) is 25.2 Å². The van der Waals surface area contributed by atoms with Crippen LogP contribution in [0.5, 0.6) is 0 Å². The van der Waals surface area contributed by atoms with Gasteiger partial charge in [-0.3, -0.25) is 10.1 Å². The maximum absolute atomic E-state index is 10.7. The first-order valence-corrected chi connectivity index (χ1v) is 5.76. The quantitative estimate of drug-likeness (QED) is 0.510. The number of nitro benzene ring substituents is 1. The van der Waals surface area contributed by atoms with Gasteiger partial charge in [0.05, 0.1) is 29.2 Å². The van der Waals surface area contributed by atoms with Crippen LogP contribution in [0.1, 0.15) is 0 Å². The Hall–Kier alpha value is -2.19. The average molecular weight is 266 g/mol. The summed E-state index contributed by atoms with van der Waals surface area (Å²) < 4.78 is 0. The van der Waals surface area contributed by atoms with Crippen molar-refractivity contribution in [1.82, 2.24) is 9.97 Å². The number of aliphatic hydroxyl groups excluding tert-OH is 2. The molecule has 0 fully saturated rings. The third kappa shape index (κ3) is 2.80. The Morgan fingerprint density at radius 1 is 1.32 bits per heavy atom. The molecule has 0 aliphatic carbocycles. The van der Waals surface area contributed by atoms with Crippen molar-refractivity contribution in [3.63, 3.8) is 0 Å². The van der Waals surface area contributed by atoms with Crippen LogP contribution >= 0.6 is 0 Å². The summed E-state index contributed by atoms with van der Waals surface area (Å²) in [4.78, 5) is 19.1. The summed E-state index contributed by atoms with van der Waals surface area (Å²) in [5.41, 5.74) is 1.13. The zero-order chi connectivity index (χ0) is 13.8. The Morgan fingerprint density at radius 2 is 2.00 bits per heavy atom. The molecule has 1 aromatic heterocycles. The monoisotopic (exact) mass is 266 g/mol. The van der Waals surface area contributed by atoms with E-state index < -0.39 is 4.92 Å². The highest BCUT2D eigenvalue weighted by molar-refractivity contribution is 5.80. The highest BCUT2D eigenvalue weighted by Crippen LogP contribution is 2.21. The van der Waals surface area contributed by atoms with E-state index in [2.05, 4.69) is 9.97 Å². The fourth-order valence-electron chi connectivity index (χ4n) is 1.81. The molecule has 8 nitrogen and oxygen atoms in total. The van der Waals surface area contributed by atoms with E-state index in [-0.39, 0.29) is 18.9 Å². The predicted molar refractivity (Wildman–Crippen MR) is 69.1 cm³/mol. The Bertz CT molecular complexity index is 577. The first-order valence-electron chi connectivity index (χ1n) is 5.76. The van der Waals surface area contributed by atoms with E-state index in [0.29, 0.717) is 30.1 Å². The molecule has 0 atom stereocenters. The molecule has 3 N–H and O–H groups in total. The third-order valence-electron chi connectivity index (χ3n) is 2.70. The number of nitro groups is 1. The van der Waals surface area contributed by atoms with E-state index in [1.807, 2.05) is 0 Å². The molecule has 0 amide bonds. The average Bonchev–Trinajstić information content (AvgIpc) is 2.80. The number of nitrogens with one attached hydrogen (secondary N) is 1. The van der Waals surface area contributed by atoms with Crippen LogP contribution < -0.4 is 4.90 Å². The Balaban J connectivity index is 2.36. The standard InChI is InChI=1S/C11H14N4O4/c16-5-3-14(4-6-17)11-12-9-2-1-8(15(18)19)7-10(9)13-11/h1-2,7,16-17H,3-6H2,(H,12,13). The summed E-state index contributed by atoms with van der Waals surface area (Å²) >= 11 is 0. The van der Waals surface area contributed by atoms with Crippen LogP contribution in [0.15, 0.2) is 18.2 Å². The maximum atomic E-state index is 10.7. The molecule has 2 aromatic rings. The molecule has 0 bridgehead atoms. The smallest absolute Gasteiger partial charge is 0.271 e. The molecule has 0 radical (unpaired) electrons. The topological polar surface area (TPSA) is 116 Å². The largest absolute Gasteiger partial charge is 0.395 e. The van der Waals surface area contributed by atoms with Gasteiger partial charge in [-0.1, -0.05) is 0 Å². The molecule has 102 valence electrons. The molecule has 8 heteroatoms. The lowest BCUT2D eigenvalue weighted by Crippen LogP contribution is -2.30. The molecule has 0 unspecified atom stereocenters. The second kappa shape index (κ2) is 5.63. The minimum atomic E-state index is -0.473. The van der Waals surface area contributed by atoms with Gasteiger partial charge < -0.3 is 20.1 Å². The molecule has 0 saturated heterocycles. The lowest BCUT2D eigenvalue weighted by Gasteiger charge is -2.19. The van der Waals surface area contributed by atoms with Gasteiger partial charge >= 0.3 is 0 Å². The van der Waals surface area contributed by atoms with Crippen molar-refractivity contribution < 1.29 is 15.1 Å².